The van der Waals surface area contributed by atoms with Crippen LogP contribution in [-0.4, -0.2) is 79.6 Å². The van der Waals surface area contributed by atoms with E-state index in [1.54, 1.807) is 12.2 Å². The number of carbonyl (C=O) groups excluding carboxylic acids is 2. The van der Waals surface area contributed by atoms with E-state index in [9.17, 15) is 36.6 Å². The van der Waals surface area contributed by atoms with Crippen LogP contribution < -0.4 is 19.7 Å². The molecule has 0 heterocycles. The number of allylic oxidation sites excluding steroid dienone is 2. The van der Waals surface area contributed by atoms with Gasteiger partial charge in [0.2, 0.25) is 20.0 Å². The molecule has 0 amide bonds. The Morgan fingerprint density at radius 1 is 0.511 bits per heavy atom. The van der Waals surface area contributed by atoms with Crippen LogP contribution in [0.5, 0.6) is 0 Å². The first-order valence-corrected chi connectivity index (χ1v) is 19.8. The molecular weight excluding hydrogens is 645 g/mol. The predicted octanol–water partition coefficient (Wildman–Crippen LogP) is 4.58. The van der Waals surface area contributed by atoms with Gasteiger partial charge in [-0.1, -0.05) is 129 Å². The summed E-state index contributed by atoms with van der Waals surface area (Å²) >= 11 is 0. The maximum atomic E-state index is 11.5. The van der Waals surface area contributed by atoms with Crippen LogP contribution in [-0.2, 0) is 29.6 Å². The fourth-order valence-electron chi connectivity index (χ4n) is 4.22. The SMILES string of the molecule is CCCCCCCCCCC/C=C/S(=O)(=O)NCCC(=O)[O-].CCCCCCCCCCC/C=C/S(=O)(=O)NCCC(=O)[O-].[Ca+2]. The first-order valence-electron chi connectivity index (χ1n) is 16.7. The van der Waals surface area contributed by atoms with Crippen molar-refractivity contribution in [1.82, 2.24) is 9.44 Å². The molecule has 0 bridgehead atoms. The summed E-state index contributed by atoms with van der Waals surface area (Å²) in [7, 11) is -7.02. The molecule has 0 saturated heterocycles. The van der Waals surface area contributed by atoms with Crippen molar-refractivity contribution in [2.45, 2.75) is 155 Å². The second kappa shape index (κ2) is 34.8. The van der Waals surface area contributed by atoms with E-state index >= 15 is 0 Å². The number of carboxylic acid groups (broad SMARTS) is 2. The Morgan fingerprint density at radius 3 is 1.04 bits per heavy atom. The number of hydrogen-bond acceptors (Lipinski definition) is 8. The average molecular weight is 705 g/mol. The van der Waals surface area contributed by atoms with E-state index in [0.29, 0.717) is 0 Å². The largest absolute Gasteiger partial charge is 2.00 e. The summed E-state index contributed by atoms with van der Waals surface area (Å²) in [5.74, 6) is -2.53. The first-order chi connectivity index (χ1) is 21.0. The molecule has 0 spiro atoms. The molecule has 0 radical (unpaired) electrons. The van der Waals surface area contributed by atoms with Crippen molar-refractivity contribution < 1.29 is 36.6 Å². The Morgan fingerprint density at radius 2 is 0.778 bits per heavy atom. The molecule has 0 saturated carbocycles. The van der Waals surface area contributed by atoms with Crippen LogP contribution in [0.4, 0.5) is 0 Å². The number of carboxylic acids is 2. The molecule has 0 aromatic carbocycles. The second-order valence-electron chi connectivity index (χ2n) is 11.1. The van der Waals surface area contributed by atoms with E-state index in [0.717, 1.165) is 49.3 Å². The van der Waals surface area contributed by atoms with Crippen molar-refractivity contribution in [3.8, 4) is 0 Å². The number of rotatable bonds is 30. The number of unbranched alkanes of at least 4 members (excludes halogenated alkanes) is 18. The molecule has 0 aromatic heterocycles. The standard InChI is InChI=1S/2C16H31NO4S.Ca/c2*1-2-3-4-5-6-7-8-9-10-11-12-15-22(20,21)17-14-13-16(18)19;/h2*12,15,17H,2-11,13-14H2,1H3,(H,18,19);/q;;+2/p-2/b2*15-12+;. The summed E-state index contributed by atoms with van der Waals surface area (Å²) in [6, 6.07) is 0. The number of sulfonamides is 2. The average Bonchev–Trinajstić information content (AvgIpc) is 2.94. The smallest absolute Gasteiger partial charge is 0.550 e. The Balaban J connectivity index is -0.000000767. The van der Waals surface area contributed by atoms with Crippen LogP contribution >= 0.6 is 0 Å². The first kappa shape index (κ1) is 48.9. The third-order valence-corrected chi connectivity index (χ3v) is 9.08. The number of hydrogen-bond donors (Lipinski definition) is 2. The molecule has 0 unspecified atom stereocenters. The van der Waals surface area contributed by atoms with Crippen LogP contribution in [0, 0.1) is 0 Å². The van der Waals surface area contributed by atoms with E-state index in [-0.39, 0.29) is 63.7 Å². The van der Waals surface area contributed by atoms with Crippen LogP contribution in [0.3, 0.4) is 0 Å². The van der Waals surface area contributed by atoms with Crippen molar-refractivity contribution in [3.63, 3.8) is 0 Å². The summed E-state index contributed by atoms with van der Waals surface area (Å²) in [5, 5.41) is 22.6. The van der Waals surface area contributed by atoms with E-state index in [4.69, 9.17) is 0 Å². The Bertz CT molecular complexity index is 894. The number of nitrogens with one attached hydrogen (secondary N) is 2. The molecule has 45 heavy (non-hydrogen) atoms. The van der Waals surface area contributed by atoms with Crippen molar-refractivity contribution in [1.29, 1.82) is 0 Å². The molecule has 2 N–H and O–H groups in total. The zero-order valence-corrected chi connectivity index (χ0v) is 31.9. The maximum absolute atomic E-state index is 11.5. The van der Waals surface area contributed by atoms with Crippen LogP contribution in [0.1, 0.15) is 155 Å². The number of aliphatic carboxylic acids is 2. The van der Waals surface area contributed by atoms with Gasteiger partial charge < -0.3 is 19.8 Å². The third kappa shape index (κ3) is 43.5. The normalized spacial score (nSPS) is 11.8. The molecule has 260 valence electrons. The van der Waals surface area contributed by atoms with Gasteiger partial charge in [-0.05, 0) is 25.7 Å². The van der Waals surface area contributed by atoms with Crippen molar-refractivity contribution in [2.75, 3.05) is 13.1 Å². The Hall–Kier alpha value is -0.500. The van der Waals surface area contributed by atoms with Gasteiger partial charge in [-0.3, -0.25) is 0 Å². The van der Waals surface area contributed by atoms with Crippen molar-refractivity contribution in [3.05, 3.63) is 23.0 Å². The van der Waals surface area contributed by atoms with Gasteiger partial charge in [0.15, 0.2) is 0 Å². The Kier molecular flexibility index (Phi) is 37.8. The fourth-order valence-corrected chi connectivity index (χ4v) is 5.97. The molecule has 13 heteroatoms. The van der Waals surface area contributed by atoms with Gasteiger partial charge in [-0.25, -0.2) is 26.3 Å². The topological polar surface area (TPSA) is 173 Å². The van der Waals surface area contributed by atoms with Gasteiger partial charge in [-0.2, -0.15) is 0 Å². The summed E-state index contributed by atoms with van der Waals surface area (Å²) in [6.07, 6.45) is 26.4. The molecule has 0 aliphatic heterocycles. The van der Waals surface area contributed by atoms with Gasteiger partial charge in [-0.15, -0.1) is 0 Å². The molecule has 0 rings (SSSR count). The molecule has 0 fully saturated rings. The van der Waals surface area contributed by atoms with E-state index in [2.05, 4.69) is 23.3 Å². The molecule has 0 aliphatic rings. The maximum Gasteiger partial charge on any atom is 2.00 e. The summed E-state index contributed by atoms with van der Waals surface area (Å²) < 4.78 is 50.2. The van der Waals surface area contributed by atoms with Gasteiger partial charge in [0, 0.05) is 48.7 Å². The quantitative estimate of drug-likeness (QED) is 0.0808. The molecule has 0 aromatic rings. The van der Waals surface area contributed by atoms with Gasteiger partial charge in [0.05, 0.1) is 0 Å². The minimum absolute atomic E-state index is 0. The summed E-state index contributed by atoms with van der Waals surface area (Å²) in [4.78, 5) is 20.4. The molecular formula is C32H60CaN2O8S2. The van der Waals surface area contributed by atoms with E-state index in [1.807, 2.05) is 0 Å². The van der Waals surface area contributed by atoms with E-state index in [1.165, 1.54) is 89.9 Å². The Labute approximate surface area is 304 Å². The van der Waals surface area contributed by atoms with Crippen LogP contribution in [0.2, 0.25) is 0 Å². The minimum atomic E-state index is -3.51. The third-order valence-electron chi connectivity index (χ3n) is 6.76. The van der Waals surface area contributed by atoms with Crippen LogP contribution in [0.25, 0.3) is 0 Å². The van der Waals surface area contributed by atoms with Crippen molar-refractivity contribution in [2.24, 2.45) is 0 Å². The minimum Gasteiger partial charge on any atom is -0.550 e. The van der Waals surface area contributed by atoms with Gasteiger partial charge in [0.25, 0.3) is 0 Å². The molecule has 0 atom stereocenters. The summed E-state index contributed by atoms with van der Waals surface area (Å²) in [6.45, 7) is 4.17. The van der Waals surface area contributed by atoms with Gasteiger partial charge in [0.1, 0.15) is 0 Å². The van der Waals surface area contributed by atoms with E-state index < -0.39 is 32.0 Å². The fraction of sp³-hybridized carbons (Fsp3) is 0.812. The van der Waals surface area contributed by atoms with Crippen LogP contribution in [0.15, 0.2) is 23.0 Å². The monoisotopic (exact) mass is 704 g/mol. The number of carbonyl (C=O) groups is 2. The molecule has 10 nitrogen and oxygen atoms in total. The zero-order valence-electron chi connectivity index (χ0n) is 28.1. The van der Waals surface area contributed by atoms with Gasteiger partial charge >= 0.3 is 37.7 Å². The second-order valence-corrected chi connectivity index (χ2v) is 14.4. The summed E-state index contributed by atoms with van der Waals surface area (Å²) in [5.41, 5.74) is 0. The molecule has 0 aliphatic carbocycles. The van der Waals surface area contributed by atoms with Crippen molar-refractivity contribution >= 4 is 69.7 Å². The predicted molar refractivity (Wildman–Crippen MR) is 181 cm³/mol. The zero-order chi connectivity index (χ0) is 33.4.